The molecule has 1 saturated carbocycles. The molecule has 1 atom stereocenters. The molecular formula is C26H34BrN3O4S. The number of nitrogens with one attached hydrogen (secondary N) is 1. The molecule has 3 rings (SSSR count). The highest BCUT2D eigenvalue weighted by Gasteiger charge is 2.31. The zero-order chi connectivity index (χ0) is 25.6. The minimum Gasteiger partial charge on any atom is -0.352 e. The Morgan fingerprint density at radius 1 is 1.03 bits per heavy atom. The second-order valence-electron chi connectivity index (χ2n) is 9.27. The molecule has 0 aromatic heterocycles. The summed E-state index contributed by atoms with van der Waals surface area (Å²) in [5.74, 6) is -0.659. The number of anilines is 1. The molecule has 1 aliphatic rings. The Hall–Kier alpha value is -2.39. The molecule has 35 heavy (non-hydrogen) atoms. The van der Waals surface area contributed by atoms with Gasteiger partial charge in [-0.25, -0.2) is 8.42 Å². The molecule has 0 radical (unpaired) electrons. The van der Waals surface area contributed by atoms with Crippen LogP contribution < -0.4 is 9.62 Å². The Morgan fingerprint density at radius 3 is 2.20 bits per heavy atom. The standard InChI is InChI=1S/C26H34BrN3O4S/c1-19-9-15-24(16-10-19)30(35(3,33)34)18-25(31)29(17-21-11-13-22(27)14-12-21)20(2)26(32)28-23-7-5-4-6-8-23/h9-16,20,23H,4-8,17-18H2,1-3H3,(H,28,32). The fourth-order valence-corrected chi connectivity index (χ4v) is 5.38. The maximum absolute atomic E-state index is 13.6. The fourth-order valence-electron chi connectivity index (χ4n) is 4.26. The molecule has 190 valence electrons. The first kappa shape index (κ1) is 27.2. The van der Waals surface area contributed by atoms with Gasteiger partial charge in [0.2, 0.25) is 21.8 Å². The van der Waals surface area contributed by atoms with E-state index in [2.05, 4.69) is 21.2 Å². The van der Waals surface area contributed by atoms with Crippen LogP contribution in [0, 0.1) is 6.92 Å². The van der Waals surface area contributed by atoms with Crippen molar-refractivity contribution >= 4 is 43.5 Å². The number of aryl methyl sites for hydroxylation is 1. The summed E-state index contributed by atoms with van der Waals surface area (Å²) in [6, 6.07) is 13.8. The second kappa shape index (κ2) is 12.0. The molecule has 0 spiro atoms. The first-order valence-corrected chi connectivity index (χ1v) is 14.6. The van der Waals surface area contributed by atoms with Crippen molar-refractivity contribution in [2.75, 3.05) is 17.1 Å². The van der Waals surface area contributed by atoms with Crippen molar-refractivity contribution in [2.45, 2.75) is 64.6 Å². The number of carbonyl (C=O) groups excluding carboxylic acids is 2. The van der Waals surface area contributed by atoms with Crippen LogP contribution in [-0.2, 0) is 26.2 Å². The van der Waals surface area contributed by atoms with Gasteiger partial charge in [0.15, 0.2) is 0 Å². The van der Waals surface area contributed by atoms with Crippen LogP contribution in [0.15, 0.2) is 53.0 Å². The largest absolute Gasteiger partial charge is 0.352 e. The van der Waals surface area contributed by atoms with Gasteiger partial charge in [-0.15, -0.1) is 0 Å². The van der Waals surface area contributed by atoms with Crippen LogP contribution in [0.1, 0.15) is 50.2 Å². The molecular weight excluding hydrogens is 530 g/mol. The number of carbonyl (C=O) groups is 2. The predicted octanol–water partition coefficient (Wildman–Crippen LogP) is 4.39. The minimum absolute atomic E-state index is 0.114. The first-order chi connectivity index (χ1) is 16.5. The van der Waals surface area contributed by atoms with E-state index < -0.39 is 22.0 Å². The van der Waals surface area contributed by atoms with Crippen molar-refractivity contribution < 1.29 is 18.0 Å². The van der Waals surface area contributed by atoms with E-state index in [0.29, 0.717) is 5.69 Å². The highest BCUT2D eigenvalue weighted by Crippen LogP contribution is 2.21. The average molecular weight is 565 g/mol. The topological polar surface area (TPSA) is 86.8 Å². The average Bonchev–Trinajstić information content (AvgIpc) is 2.82. The summed E-state index contributed by atoms with van der Waals surface area (Å²) < 4.78 is 27.2. The van der Waals surface area contributed by atoms with Gasteiger partial charge in [-0.2, -0.15) is 0 Å². The lowest BCUT2D eigenvalue weighted by Gasteiger charge is -2.33. The number of benzene rings is 2. The molecule has 1 N–H and O–H groups in total. The molecule has 9 heteroatoms. The maximum atomic E-state index is 13.6. The van der Waals surface area contributed by atoms with Crippen molar-refractivity contribution in [2.24, 2.45) is 0 Å². The molecule has 1 unspecified atom stereocenters. The summed E-state index contributed by atoms with van der Waals surface area (Å²) in [6.45, 7) is 3.41. The van der Waals surface area contributed by atoms with Crippen molar-refractivity contribution in [3.05, 3.63) is 64.1 Å². The van der Waals surface area contributed by atoms with E-state index in [4.69, 9.17) is 0 Å². The normalized spacial score (nSPS) is 15.3. The number of hydrogen-bond donors (Lipinski definition) is 1. The summed E-state index contributed by atoms with van der Waals surface area (Å²) in [5, 5.41) is 3.10. The van der Waals surface area contributed by atoms with E-state index in [1.165, 1.54) is 11.3 Å². The van der Waals surface area contributed by atoms with Gasteiger partial charge in [-0.05, 0) is 56.5 Å². The molecule has 2 aromatic rings. The lowest BCUT2D eigenvalue weighted by atomic mass is 9.95. The fraction of sp³-hybridized carbons (Fsp3) is 0.462. The molecule has 0 aliphatic heterocycles. The molecule has 2 amide bonds. The van der Waals surface area contributed by atoms with Crippen molar-refractivity contribution in [1.29, 1.82) is 0 Å². The lowest BCUT2D eigenvalue weighted by Crippen LogP contribution is -2.52. The third-order valence-electron chi connectivity index (χ3n) is 6.39. The Labute approximate surface area is 217 Å². The zero-order valence-electron chi connectivity index (χ0n) is 20.5. The summed E-state index contributed by atoms with van der Waals surface area (Å²) in [4.78, 5) is 28.2. The highest BCUT2D eigenvalue weighted by atomic mass is 79.9. The van der Waals surface area contributed by atoms with Crippen LogP contribution >= 0.6 is 15.9 Å². The predicted molar refractivity (Wildman–Crippen MR) is 143 cm³/mol. The number of rotatable bonds is 9. The Morgan fingerprint density at radius 2 is 1.63 bits per heavy atom. The number of halogens is 1. The van der Waals surface area contributed by atoms with Crippen LogP contribution in [0.4, 0.5) is 5.69 Å². The molecule has 1 fully saturated rings. The second-order valence-corrected chi connectivity index (χ2v) is 12.1. The lowest BCUT2D eigenvalue weighted by molar-refractivity contribution is -0.139. The van der Waals surface area contributed by atoms with E-state index in [9.17, 15) is 18.0 Å². The van der Waals surface area contributed by atoms with Crippen LogP contribution in [0.2, 0.25) is 0 Å². The number of nitrogens with zero attached hydrogens (tertiary/aromatic N) is 2. The van der Waals surface area contributed by atoms with Crippen molar-refractivity contribution in [3.8, 4) is 0 Å². The van der Waals surface area contributed by atoms with E-state index in [-0.39, 0.29) is 25.0 Å². The monoisotopic (exact) mass is 563 g/mol. The molecule has 1 aliphatic carbocycles. The third-order valence-corrected chi connectivity index (χ3v) is 8.06. The Kier molecular flexibility index (Phi) is 9.35. The van der Waals surface area contributed by atoms with Crippen molar-refractivity contribution in [1.82, 2.24) is 10.2 Å². The van der Waals surface area contributed by atoms with Gasteiger partial charge in [0.1, 0.15) is 12.6 Å². The smallest absolute Gasteiger partial charge is 0.244 e. The van der Waals surface area contributed by atoms with Gasteiger partial charge >= 0.3 is 0 Å². The summed E-state index contributed by atoms with van der Waals surface area (Å²) in [6.07, 6.45) is 6.30. The zero-order valence-corrected chi connectivity index (χ0v) is 22.9. The molecule has 7 nitrogen and oxygen atoms in total. The van der Waals surface area contributed by atoms with Gasteiger partial charge in [0.05, 0.1) is 11.9 Å². The highest BCUT2D eigenvalue weighted by molar-refractivity contribution is 9.10. The van der Waals surface area contributed by atoms with Crippen molar-refractivity contribution in [3.63, 3.8) is 0 Å². The van der Waals surface area contributed by atoms with Gasteiger partial charge < -0.3 is 10.2 Å². The van der Waals surface area contributed by atoms with Crippen LogP contribution in [0.5, 0.6) is 0 Å². The first-order valence-electron chi connectivity index (χ1n) is 11.9. The van der Waals surface area contributed by atoms with Gasteiger partial charge in [0, 0.05) is 17.1 Å². The molecule has 0 bridgehead atoms. The maximum Gasteiger partial charge on any atom is 0.244 e. The summed E-state index contributed by atoms with van der Waals surface area (Å²) in [7, 11) is -3.73. The van der Waals surface area contributed by atoms with E-state index in [0.717, 1.165) is 51.8 Å². The minimum atomic E-state index is -3.73. The number of amides is 2. The summed E-state index contributed by atoms with van der Waals surface area (Å²) in [5.41, 5.74) is 2.24. The van der Waals surface area contributed by atoms with Gasteiger partial charge in [-0.3, -0.25) is 13.9 Å². The SMILES string of the molecule is Cc1ccc(N(CC(=O)N(Cc2ccc(Br)cc2)C(C)C(=O)NC2CCCCC2)S(C)(=O)=O)cc1. The van der Waals surface area contributed by atoms with E-state index in [1.54, 1.807) is 31.2 Å². The molecule has 0 heterocycles. The van der Waals surface area contributed by atoms with Crippen LogP contribution in [-0.4, -0.2) is 50.0 Å². The molecule has 2 aromatic carbocycles. The van der Waals surface area contributed by atoms with Gasteiger partial charge in [0.25, 0.3) is 0 Å². The Balaban J connectivity index is 1.85. The summed E-state index contributed by atoms with van der Waals surface area (Å²) >= 11 is 3.42. The van der Waals surface area contributed by atoms with Gasteiger partial charge in [-0.1, -0.05) is 65.0 Å². The Bertz CT molecular complexity index is 1110. The van der Waals surface area contributed by atoms with Crippen LogP contribution in [0.3, 0.4) is 0 Å². The number of hydrogen-bond acceptors (Lipinski definition) is 4. The van der Waals surface area contributed by atoms with Crippen LogP contribution in [0.25, 0.3) is 0 Å². The third kappa shape index (κ3) is 7.80. The quantitative estimate of drug-likeness (QED) is 0.490. The van der Waals surface area contributed by atoms with E-state index in [1.807, 2.05) is 31.2 Å². The van der Waals surface area contributed by atoms with E-state index >= 15 is 0 Å². The number of sulfonamides is 1. The molecule has 0 saturated heterocycles.